The van der Waals surface area contributed by atoms with Crippen LogP contribution in [0.4, 0.5) is 0 Å². The maximum absolute atomic E-state index is 12.1. The zero-order valence-corrected chi connectivity index (χ0v) is 25.4. The highest BCUT2D eigenvalue weighted by Crippen LogP contribution is 2.29. The molecule has 216 valence electrons. The lowest BCUT2D eigenvalue weighted by atomic mass is 9.94. The van der Waals surface area contributed by atoms with Crippen LogP contribution in [-0.2, 0) is 23.0 Å². The second-order valence-corrected chi connectivity index (χ2v) is 12.8. The topological polar surface area (TPSA) is 54.4 Å². The Balaban J connectivity index is 1.88. The van der Waals surface area contributed by atoms with E-state index in [1.807, 2.05) is 12.1 Å². The molecule has 38 heavy (non-hydrogen) atoms. The molecule has 0 radical (unpaired) electrons. The van der Waals surface area contributed by atoms with Crippen LogP contribution in [-0.4, -0.2) is 13.0 Å². The minimum Gasteiger partial charge on any atom is -0.282 e. The summed E-state index contributed by atoms with van der Waals surface area (Å²) in [6, 6.07) is 9.62. The summed E-state index contributed by atoms with van der Waals surface area (Å²) < 4.78 is 34.1. The van der Waals surface area contributed by atoms with Gasteiger partial charge in [0.2, 0.25) is 0 Å². The molecule has 1 N–H and O–H groups in total. The van der Waals surface area contributed by atoms with E-state index in [-0.39, 0.29) is 4.90 Å². The first-order valence-corrected chi connectivity index (χ1v) is 17.4. The van der Waals surface area contributed by atoms with E-state index in [4.69, 9.17) is 0 Å². The molecule has 0 aromatic heterocycles. The Bertz CT molecular complexity index is 996. The first-order valence-electron chi connectivity index (χ1n) is 16.0. The number of benzene rings is 2. The van der Waals surface area contributed by atoms with Gasteiger partial charge in [-0.25, -0.2) is 0 Å². The van der Waals surface area contributed by atoms with Crippen LogP contribution in [0.3, 0.4) is 0 Å². The maximum Gasteiger partial charge on any atom is 0.295 e. The minimum atomic E-state index is -4.25. The van der Waals surface area contributed by atoms with Gasteiger partial charge in [-0.2, -0.15) is 8.42 Å². The van der Waals surface area contributed by atoms with E-state index in [0.29, 0.717) is 5.39 Å². The molecule has 0 saturated carbocycles. The van der Waals surface area contributed by atoms with E-state index >= 15 is 0 Å². The lowest BCUT2D eigenvalue weighted by Crippen LogP contribution is -2.01. The zero-order valence-electron chi connectivity index (χ0n) is 24.6. The number of rotatable bonds is 23. The molecule has 0 spiro atoms. The molecule has 0 heterocycles. The second-order valence-electron chi connectivity index (χ2n) is 11.4. The molecule has 0 amide bonds. The predicted molar refractivity (Wildman–Crippen MR) is 165 cm³/mol. The van der Waals surface area contributed by atoms with Gasteiger partial charge >= 0.3 is 0 Å². The molecule has 0 aliphatic carbocycles. The first-order chi connectivity index (χ1) is 18.5. The molecule has 0 unspecified atom stereocenters. The summed E-state index contributed by atoms with van der Waals surface area (Å²) >= 11 is 0. The maximum atomic E-state index is 12.1. The minimum absolute atomic E-state index is 0.0456. The number of unbranched alkanes of at least 4 members (excludes halogenated alkanes) is 18. The van der Waals surface area contributed by atoms with Crippen LogP contribution >= 0.6 is 0 Å². The van der Waals surface area contributed by atoms with E-state index in [0.717, 1.165) is 31.1 Å². The molecule has 3 nitrogen and oxygen atoms in total. The third-order valence-electron chi connectivity index (χ3n) is 8.00. The number of aryl methyl sites for hydroxylation is 2. The highest BCUT2D eigenvalue weighted by Gasteiger charge is 2.16. The number of fused-ring (bicyclic) bond motifs is 1. The zero-order chi connectivity index (χ0) is 27.5. The Morgan fingerprint density at radius 3 is 1.47 bits per heavy atom. The van der Waals surface area contributed by atoms with Gasteiger partial charge in [-0.3, -0.25) is 4.55 Å². The lowest BCUT2D eigenvalue weighted by molar-refractivity contribution is 0.484. The number of hydrogen-bond acceptors (Lipinski definition) is 2. The molecule has 0 aliphatic heterocycles. The first kappa shape index (κ1) is 32.8. The van der Waals surface area contributed by atoms with Crippen LogP contribution < -0.4 is 0 Å². The quantitative estimate of drug-likeness (QED) is 0.112. The molecule has 0 saturated heterocycles. The fourth-order valence-electron chi connectivity index (χ4n) is 5.70. The van der Waals surface area contributed by atoms with Crippen molar-refractivity contribution in [3.63, 3.8) is 0 Å². The predicted octanol–water partition coefficient (Wildman–Crippen LogP) is 11.0. The van der Waals surface area contributed by atoms with Gasteiger partial charge in [0.05, 0.1) is 0 Å². The van der Waals surface area contributed by atoms with E-state index in [9.17, 15) is 13.0 Å². The molecule has 0 atom stereocenters. The highest BCUT2D eigenvalue weighted by atomic mass is 32.2. The van der Waals surface area contributed by atoms with Gasteiger partial charge in [0, 0.05) is 5.39 Å². The van der Waals surface area contributed by atoms with Crippen LogP contribution in [0.25, 0.3) is 10.8 Å². The van der Waals surface area contributed by atoms with Gasteiger partial charge in [-0.1, -0.05) is 148 Å². The van der Waals surface area contributed by atoms with Crippen molar-refractivity contribution in [1.29, 1.82) is 0 Å². The van der Waals surface area contributed by atoms with Gasteiger partial charge in [0.15, 0.2) is 0 Å². The molecule has 4 heteroatoms. The van der Waals surface area contributed by atoms with Gasteiger partial charge < -0.3 is 0 Å². The van der Waals surface area contributed by atoms with Crippen LogP contribution in [0.2, 0.25) is 0 Å². The second kappa shape index (κ2) is 19.6. The Kier molecular flexibility index (Phi) is 17.0. The summed E-state index contributed by atoms with van der Waals surface area (Å²) in [5.74, 6) is 0. The Morgan fingerprint density at radius 1 is 0.553 bits per heavy atom. The third-order valence-corrected chi connectivity index (χ3v) is 8.91. The molecule has 0 fully saturated rings. The summed E-state index contributed by atoms with van der Waals surface area (Å²) in [6.45, 7) is 4.53. The standard InChI is InChI=1S/C34H56O3S/c1-3-5-7-9-11-13-15-17-19-21-24-30-28-31(25-22-20-18-16-14-12-10-8-6-4-2)32-26-23-27-34(33(32)29-30)38(35,36)37/h23,26-29H,3-22,24-25H2,1-2H3,(H,35,36,37). The van der Waals surface area contributed by atoms with Crippen molar-refractivity contribution in [1.82, 2.24) is 0 Å². The molecule has 0 bridgehead atoms. The molecular weight excluding hydrogens is 488 g/mol. The molecular formula is C34H56O3S. The van der Waals surface area contributed by atoms with Crippen molar-refractivity contribution in [3.05, 3.63) is 41.5 Å². The molecule has 2 aromatic carbocycles. The average molecular weight is 545 g/mol. The average Bonchev–Trinajstić information content (AvgIpc) is 2.89. The van der Waals surface area contributed by atoms with Gasteiger partial charge in [0.1, 0.15) is 4.90 Å². The summed E-state index contributed by atoms with van der Waals surface area (Å²) in [5.41, 5.74) is 2.44. The molecule has 2 aromatic rings. The largest absolute Gasteiger partial charge is 0.295 e. The smallest absolute Gasteiger partial charge is 0.282 e. The van der Waals surface area contributed by atoms with Gasteiger partial charge in [-0.15, -0.1) is 0 Å². The fourth-order valence-corrected chi connectivity index (χ4v) is 6.39. The summed E-state index contributed by atoms with van der Waals surface area (Å²) in [4.78, 5) is 0.0456. The van der Waals surface area contributed by atoms with Crippen molar-refractivity contribution < 1.29 is 13.0 Å². The van der Waals surface area contributed by atoms with Crippen molar-refractivity contribution in [3.8, 4) is 0 Å². The molecule has 0 aliphatic rings. The third kappa shape index (κ3) is 13.1. The summed E-state index contributed by atoms with van der Waals surface area (Å²) in [7, 11) is -4.25. The van der Waals surface area contributed by atoms with Crippen LogP contribution in [0, 0.1) is 0 Å². The Hall–Kier alpha value is -1.39. The monoisotopic (exact) mass is 544 g/mol. The van der Waals surface area contributed by atoms with Crippen LogP contribution in [0.1, 0.15) is 153 Å². The number of hydrogen-bond donors (Lipinski definition) is 1. The van der Waals surface area contributed by atoms with Crippen molar-refractivity contribution in [2.24, 2.45) is 0 Å². The van der Waals surface area contributed by atoms with Crippen molar-refractivity contribution >= 4 is 20.9 Å². The SMILES string of the molecule is CCCCCCCCCCCCc1cc(CCCCCCCCCCCC)c2cccc(S(=O)(=O)O)c2c1. The normalized spacial score (nSPS) is 12.0. The van der Waals surface area contributed by atoms with Crippen molar-refractivity contribution in [2.45, 2.75) is 160 Å². The fraction of sp³-hybridized carbons (Fsp3) is 0.706. The lowest BCUT2D eigenvalue weighted by Gasteiger charge is -2.13. The molecule has 2 rings (SSSR count). The van der Waals surface area contributed by atoms with Gasteiger partial charge in [-0.05, 0) is 54.3 Å². The highest BCUT2D eigenvalue weighted by molar-refractivity contribution is 7.86. The van der Waals surface area contributed by atoms with E-state index < -0.39 is 10.1 Å². The Labute approximate surface area is 235 Å². The van der Waals surface area contributed by atoms with E-state index in [1.54, 1.807) is 6.07 Å². The summed E-state index contributed by atoms with van der Waals surface area (Å²) in [6.07, 6.45) is 28.1. The summed E-state index contributed by atoms with van der Waals surface area (Å²) in [5, 5.41) is 1.66. The van der Waals surface area contributed by atoms with Gasteiger partial charge in [0.25, 0.3) is 10.1 Å². The van der Waals surface area contributed by atoms with E-state index in [1.165, 1.54) is 133 Å². The van der Waals surface area contributed by atoms with Crippen LogP contribution in [0.15, 0.2) is 35.2 Å². The Morgan fingerprint density at radius 2 is 1.00 bits per heavy atom. The van der Waals surface area contributed by atoms with Crippen molar-refractivity contribution in [2.75, 3.05) is 0 Å². The van der Waals surface area contributed by atoms with Crippen LogP contribution in [0.5, 0.6) is 0 Å². The van der Waals surface area contributed by atoms with E-state index in [2.05, 4.69) is 19.9 Å².